The molecule has 4 rings (SSSR count). The number of benzene rings is 2. The summed E-state index contributed by atoms with van der Waals surface area (Å²) in [5, 5.41) is 8.35. The van der Waals surface area contributed by atoms with E-state index in [2.05, 4.69) is 31.3 Å². The second kappa shape index (κ2) is 8.21. The smallest absolute Gasteiger partial charge is 0.123 e. The van der Waals surface area contributed by atoms with E-state index in [9.17, 15) is 4.39 Å². The van der Waals surface area contributed by atoms with Crippen LogP contribution in [0, 0.1) is 19.7 Å². The molecule has 1 aromatic heterocycles. The minimum atomic E-state index is -0.200. The first-order chi connectivity index (χ1) is 14.0. The van der Waals surface area contributed by atoms with Crippen LogP contribution in [-0.2, 0) is 6.54 Å². The van der Waals surface area contributed by atoms with Crippen molar-refractivity contribution in [1.82, 2.24) is 15.1 Å². The fourth-order valence-corrected chi connectivity index (χ4v) is 4.08. The molecular formula is C24H26FN3O. The minimum Gasteiger partial charge on any atom is -0.497 e. The molecule has 2 unspecified atom stereocenters. The van der Waals surface area contributed by atoms with Crippen molar-refractivity contribution < 1.29 is 9.13 Å². The Morgan fingerprint density at radius 3 is 2.48 bits per heavy atom. The molecule has 1 N–H and O–H groups in total. The van der Waals surface area contributed by atoms with Gasteiger partial charge in [0, 0.05) is 29.8 Å². The average Bonchev–Trinajstić information content (AvgIpc) is 3.31. The van der Waals surface area contributed by atoms with E-state index < -0.39 is 0 Å². The Kier molecular flexibility index (Phi) is 5.49. The summed E-state index contributed by atoms with van der Waals surface area (Å²) in [6.07, 6.45) is 5.51. The topological polar surface area (TPSA) is 39.1 Å². The zero-order valence-corrected chi connectivity index (χ0v) is 17.0. The number of hydrogen-bond acceptors (Lipinski definition) is 3. The molecule has 150 valence electrons. The highest BCUT2D eigenvalue weighted by Gasteiger charge is 2.26. The van der Waals surface area contributed by atoms with Crippen LogP contribution in [0.3, 0.4) is 0 Å². The quantitative estimate of drug-likeness (QED) is 0.611. The summed E-state index contributed by atoms with van der Waals surface area (Å²) in [6, 6.07) is 14.9. The standard InChI is InChI=1S/C24H26FN3O/c1-16-24(17(2)28(27-16)22-10-12-23(29-3)13-11-22)19-6-9-21(14-19)26-15-18-4-7-20(25)8-5-18/h4-13,19,21,26H,14-15H2,1-3H3. The van der Waals surface area contributed by atoms with Crippen LogP contribution in [0.4, 0.5) is 4.39 Å². The number of hydrogen-bond donors (Lipinski definition) is 1. The van der Waals surface area contributed by atoms with Gasteiger partial charge in [-0.3, -0.25) is 0 Å². The minimum absolute atomic E-state index is 0.200. The number of nitrogens with one attached hydrogen (secondary N) is 1. The van der Waals surface area contributed by atoms with Crippen LogP contribution >= 0.6 is 0 Å². The molecule has 29 heavy (non-hydrogen) atoms. The van der Waals surface area contributed by atoms with Crippen molar-refractivity contribution in [3.8, 4) is 11.4 Å². The lowest BCUT2D eigenvalue weighted by Gasteiger charge is -2.15. The number of aromatic nitrogens is 2. The van der Waals surface area contributed by atoms with Crippen LogP contribution in [0.25, 0.3) is 5.69 Å². The molecule has 0 saturated heterocycles. The molecule has 0 spiro atoms. The van der Waals surface area contributed by atoms with Gasteiger partial charge in [-0.15, -0.1) is 0 Å². The second-order valence-electron chi connectivity index (χ2n) is 7.54. The maximum atomic E-state index is 13.1. The SMILES string of the molecule is COc1ccc(-n2nc(C)c(C3C=CC(NCc4ccc(F)cc4)C3)c2C)cc1. The van der Waals surface area contributed by atoms with Gasteiger partial charge < -0.3 is 10.1 Å². The van der Waals surface area contributed by atoms with Crippen LogP contribution in [0.15, 0.2) is 60.7 Å². The summed E-state index contributed by atoms with van der Waals surface area (Å²) in [6.45, 7) is 4.94. The van der Waals surface area contributed by atoms with Gasteiger partial charge >= 0.3 is 0 Å². The van der Waals surface area contributed by atoms with Crippen molar-refractivity contribution in [2.24, 2.45) is 0 Å². The van der Waals surface area contributed by atoms with Crippen molar-refractivity contribution in [2.45, 2.75) is 38.8 Å². The molecule has 1 aliphatic rings. The zero-order chi connectivity index (χ0) is 20.4. The first-order valence-electron chi connectivity index (χ1n) is 9.92. The molecule has 2 atom stereocenters. The molecule has 0 saturated carbocycles. The number of halogens is 1. The van der Waals surface area contributed by atoms with Gasteiger partial charge in [-0.1, -0.05) is 24.3 Å². The highest BCUT2D eigenvalue weighted by Crippen LogP contribution is 2.34. The number of allylic oxidation sites excluding steroid dienone is 1. The summed E-state index contributed by atoms with van der Waals surface area (Å²) >= 11 is 0. The first-order valence-corrected chi connectivity index (χ1v) is 9.92. The molecule has 3 aromatic rings. The van der Waals surface area contributed by atoms with Crippen LogP contribution in [-0.4, -0.2) is 22.9 Å². The molecule has 5 heteroatoms. The van der Waals surface area contributed by atoms with Crippen LogP contribution in [0.5, 0.6) is 5.75 Å². The number of rotatable bonds is 6. The zero-order valence-electron chi connectivity index (χ0n) is 17.0. The molecule has 4 nitrogen and oxygen atoms in total. The Hall–Kier alpha value is -2.92. The molecule has 0 radical (unpaired) electrons. The van der Waals surface area contributed by atoms with Crippen molar-refractivity contribution in [1.29, 1.82) is 0 Å². The predicted molar refractivity (Wildman–Crippen MR) is 113 cm³/mol. The summed E-state index contributed by atoms with van der Waals surface area (Å²) in [5.41, 5.74) is 5.64. The van der Waals surface area contributed by atoms with Crippen molar-refractivity contribution in [2.75, 3.05) is 7.11 Å². The molecule has 1 aliphatic carbocycles. The lowest BCUT2D eigenvalue weighted by molar-refractivity contribution is 0.414. The highest BCUT2D eigenvalue weighted by molar-refractivity contribution is 5.43. The van der Waals surface area contributed by atoms with Gasteiger partial charge in [0.1, 0.15) is 11.6 Å². The van der Waals surface area contributed by atoms with Gasteiger partial charge in [0.15, 0.2) is 0 Å². The maximum Gasteiger partial charge on any atom is 0.123 e. The van der Waals surface area contributed by atoms with Crippen molar-refractivity contribution in [3.63, 3.8) is 0 Å². The highest BCUT2D eigenvalue weighted by atomic mass is 19.1. The summed E-state index contributed by atoms with van der Waals surface area (Å²) in [4.78, 5) is 0. The van der Waals surface area contributed by atoms with Crippen LogP contribution in [0.1, 0.15) is 34.9 Å². The molecule has 0 aliphatic heterocycles. The van der Waals surface area contributed by atoms with Gasteiger partial charge in [0.25, 0.3) is 0 Å². The summed E-state index contributed by atoms with van der Waals surface area (Å²) in [5.74, 6) is 0.978. The van der Waals surface area contributed by atoms with E-state index in [1.165, 1.54) is 23.4 Å². The van der Waals surface area contributed by atoms with E-state index in [1.54, 1.807) is 7.11 Å². The molecule has 0 amide bonds. The number of nitrogens with zero attached hydrogens (tertiary/aromatic N) is 2. The van der Waals surface area contributed by atoms with Gasteiger partial charge in [-0.25, -0.2) is 9.07 Å². The third kappa shape index (κ3) is 4.10. The van der Waals surface area contributed by atoms with E-state index in [4.69, 9.17) is 9.84 Å². The second-order valence-corrected chi connectivity index (χ2v) is 7.54. The number of ether oxygens (including phenoxy) is 1. The third-order valence-electron chi connectivity index (χ3n) is 5.60. The number of aryl methyl sites for hydroxylation is 1. The Morgan fingerprint density at radius 2 is 1.79 bits per heavy atom. The van der Waals surface area contributed by atoms with Crippen molar-refractivity contribution >= 4 is 0 Å². The Morgan fingerprint density at radius 1 is 1.07 bits per heavy atom. The van der Waals surface area contributed by atoms with E-state index in [0.29, 0.717) is 12.0 Å². The van der Waals surface area contributed by atoms with Gasteiger partial charge in [0.2, 0.25) is 0 Å². The third-order valence-corrected chi connectivity index (χ3v) is 5.60. The average molecular weight is 391 g/mol. The molecule has 2 aromatic carbocycles. The molecule has 0 fully saturated rings. The number of methoxy groups -OCH3 is 1. The normalized spacial score (nSPS) is 18.3. The first kappa shape index (κ1) is 19.4. The Labute approximate surface area is 171 Å². The lowest BCUT2D eigenvalue weighted by atomic mass is 9.96. The van der Waals surface area contributed by atoms with E-state index in [1.807, 2.05) is 41.1 Å². The lowest BCUT2D eigenvalue weighted by Crippen LogP contribution is -2.25. The van der Waals surface area contributed by atoms with E-state index in [-0.39, 0.29) is 5.82 Å². The Bertz CT molecular complexity index is 1010. The molecule has 0 bridgehead atoms. The monoisotopic (exact) mass is 391 g/mol. The van der Waals surface area contributed by atoms with Gasteiger partial charge in [-0.2, -0.15) is 5.10 Å². The predicted octanol–water partition coefficient (Wildman–Crippen LogP) is 4.84. The van der Waals surface area contributed by atoms with E-state index in [0.717, 1.165) is 35.7 Å². The van der Waals surface area contributed by atoms with Crippen LogP contribution in [0.2, 0.25) is 0 Å². The maximum absolute atomic E-state index is 13.1. The summed E-state index contributed by atoms with van der Waals surface area (Å²) < 4.78 is 20.3. The molecular weight excluding hydrogens is 365 g/mol. The fourth-order valence-electron chi connectivity index (χ4n) is 4.08. The molecule has 1 heterocycles. The van der Waals surface area contributed by atoms with Crippen LogP contribution < -0.4 is 10.1 Å². The van der Waals surface area contributed by atoms with Crippen molar-refractivity contribution in [3.05, 3.63) is 89.0 Å². The van der Waals surface area contributed by atoms with E-state index >= 15 is 0 Å². The fraction of sp³-hybridized carbons (Fsp3) is 0.292. The van der Waals surface area contributed by atoms with Gasteiger partial charge in [-0.05, 0) is 62.2 Å². The summed E-state index contributed by atoms with van der Waals surface area (Å²) in [7, 11) is 1.67. The largest absolute Gasteiger partial charge is 0.497 e. The Balaban J connectivity index is 1.45. The van der Waals surface area contributed by atoms with Gasteiger partial charge in [0.05, 0.1) is 18.5 Å².